The van der Waals surface area contributed by atoms with E-state index < -0.39 is 5.41 Å². The lowest BCUT2D eigenvalue weighted by Gasteiger charge is -2.35. The molecular formula is C28H31N3O. The van der Waals surface area contributed by atoms with Crippen molar-refractivity contribution in [2.24, 2.45) is 0 Å². The summed E-state index contributed by atoms with van der Waals surface area (Å²) in [7, 11) is 0. The van der Waals surface area contributed by atoms with Crippen LogP contribution in [-0.4, -0.2) is 35.4 Å². The lowest BCUT2D eigenvalue weighted by Crippen LogP contribution is -2.41. The van der Waals surface area contributed by atoms with Crippen molar-refractivity contribution in [3.05, 3.63) is 95.3 Å². The molecule has 0 radical (unpaired) electrons. The lowest BCUT2D eigenvalue weighted by atomic mass is 9.72. The number of fused-ring (bicyclic) bond motifs is 1. The average Bonchev–Trinajstić information content (AvgIpc) is 3.15. The summed E-state index contributed by atoms with van der Waals surface area (Å²) in [5.41, 5.74) is 5.23. The van der Waals surface area contributed by atoms with Crippen molar-refractivity contribution in [3.63, 3.8) is 0 Å². The van der Waals surface area contributed by atoms with E-state index in [1.807, 2.05) is 30.6 Å². The first-order valence-electron chi connectivity index (χ1n) is 11.8. The van der Waals surface area contributed by atoms with Gasteiger partial charge >= 0.3 is 0 Å². The zero-order valence-corrected chi connectivity index (χ0v) is 18.8. The van der Waals surface area contributed by atoms with Crippen LogP contribution in [-0.2, 0) is 16.6 Å². The van der Waals surface area contributed by atoms with Gasteiger partial charge in [-0.1, -0.05) is 49.4 Å². The fourth-order valence-corrected chi connectivity index (χ4v) is 5.49. The van der Waals surface area contributed by atoms with E-state index in [0.717, 1.165) is 62.1 Å². The van der Waals surface area contributed by atoms with Gasteiger partial charge in [-0.2, -0.15) is 0 Å². The van der Waals surface area contributed by atoms with Crippen molar-refractivity contribution >= 4 is 11.6 Å². The third-order valence-electron chi connectivity index (χ3n) is 7.42. The van der Waals surface area contributed by atoms with Gasteiger partial charge < -0.3 is 10.2 Å². The Hall–Kier alpha value is -2.98. The van der Waals surface area contributed by atoms with Crippen LogP contribution in [0.4, 0.5) is 5.69 Å². The Morgan fingerprint density at radius 1 is 1.03 bits per heavy atom. The van der Waals surface area contributed by atoms with E-state index in [1.165, 1.54) is 11.1 Å². The number of pyridine rings is 1. The van der Waals surface area contributed by atoms with E-state index in [2.05, 4.69) is 64.6 Å². The number of anilines is 1. The molecule has 1 unspecified atom stereocenters. The number of nitrogens with one attached hydrogen (secondary N) is 1. The van der Waals surface area contributed by atoms with Gasteiger partial charge in [-0.05, 0) is 91.7 Å². The molecule has 2 aromatic carbocycles. The first kappa shape index (κ1) is 20.9. The fraction of sp³-hybridized carbons (Fsp3) is 0.357. The van der Waals surface area contributed by atoms with Gasteiger partial charge in [0.05, 0.1) is 0 Å². The molecular weight excluding hydrogens is 394 g/mol. The fourth-order valence-electron chi connectivity index (χ4n) is 5.49. The van der Waals surface area contributed by atoms with Crippen LogP contribution in [0.1, 0.15) is 54.4 Å². The predicted molar refractivity (Wildman–Crippen MR) is 129 cm³/mol. The van der Waals surface area contributed by atoms with Crippen molar-refractivity contribution in [2.45, 2.75) is 43.9 Å². The average molecular weight is 426 g/mol. The summed E-state index contributed by atoms with van der Waals surface area (Å²) in [5.74, 6) is 0.721. The number of aromatic nitrogens is 1. The molecule has 1 atom stereocenters. The molecule has 164 valence electrons. The molecule has 1 N–H and O–H groups in total. The first-order valence-corrected chi connectivity index (χ1v) is 11.8. The number of nitrogens with zero attached hydrogens (tertiary/aromatic N) is 2. The minimum atomic E-state index is -0.620. The number of amides is 1. The molecule has 4 nitrogen and oxygen atoms in total. The van der Waals surface area contributed by atoms with Gasteiger partial charge in [0.1, 0.15) is 5.41 Å². The quantitative estimate of drug-likeness (QED) is 0.594. The maximum absolute atomic E-state index is 13.5. The van der Waals surface area contributed by atoms with E-state index in [1.54, 1.807) is 0 Å². The number of carbonyl (C=O) groups excluding carboxylic acids is 1. The summed E-state index contributed by atoms with van der Waals surface area (Å²) in [6, 6.07) is 21.1. The Morgan fingerprint density at radius 2 is 1.78 bits per heavy atom. The molecule has 0 saturated carbocycles. The Labute approximate surface area is 190 Å². The van der Waals surface area contributed by atoms with Crippen LogP contribution in [0.25, 0.3) is 0 Å². The second kappa shape index (κ2) is 8.87. The predicted octanol–water partition coefficient (Wildman–Crippen LogP) is 5.15. The van der Waals surface area contributed by atoms with Crippen LogP contribution in [0.15, 0.2) is 73.1 Å². The molecule has 32 heavy (non-hydrogen) atoms. The first-order chi connectivity index (χ1) is 15.7. The van der Waals surface area contributed by atoms with Gasteiger partial charge in [0, 0.05) is 18.1 Å². The van der Waals surface area contributed by atoms with Crippen LogP contribution in [0.2, 0.25) is 0 Å². The number of benzene rings is 2. The molecule has 1 fully saturated rings. The van der Waals surface area contributed by atoms with Gasteiger partial charge in [0.25, 0.3) is 0 Å². The van der Waals surface area contributed by atoms with Gasteiger partial charge in [-0.25, -0.2) is 0 Å². The smallest absolute Gasteiger partial charge is 0.239 e. The SMILES string of the molecule is CCc1ccc2c(c1)NC(=O)C2(CCN1CCC(c2ccncc2)CC1)c1ccccc1. The number of hydrogen-bond acceptors (Lipinski definition) is 3. The largest absolute Gasteiger partial charge is 0.325 e. The molecule has 5 rings (SSSR count). The number of likely N-dealkylation sites (tertiary alicyclic amines) is 1. The summed E-state index contributed by atoms with van der Waals surface area (Å²) in [4.78, 5) is 20.2. The van der Waals surface area contributed by atoms with E-state index in [-0.39, 0.29) is 5.91 Å². The zero-order chi connectivity index (χ0) is 22.0. The van der Waals surface area contributed by atoms with E-state index >= 15 is 0 Å². The molecule has 3 heterocycles. The highest BCUT2D eigenvalue weighted by Gasteiger charge is 2.48. The second-order valence-electron chi connectivity index (χ2n) is 9.11. The number of hydrogen-bond donors (Lipinski definition) is 1. The van der Waals surface area contributed by atoms with Crippen molar-refractivity contribution in [1.29, 1.82) is 0 Å². The Balaban J connectivity index is 1.37. The Morgan fingerprint density at radius 3 is 2.50 bits per heavy atom. The Bertz CT molecular complexity index is 1070. The lowest BCUT2D eigenvalue weighted by molar-refractivity contribution is -0.119. The number of rotatable bonds is 6. The van der Waals surface area contributed by atoms with E-state index in [0.29, 0.717) is 5.92 Å². The van der Waals surface area contributed by atoms with Gasteiger partial charge in [-0.3, -0.25) is 9.78 Å². The standard InChI is InChI=1S/C28H31N3O/c1-2-21-8-9-25-26(20-21)30-27(32)28(25,24-6-4-3-5-7-24)14-19-31-17-12-23(13-18-31)22-10-15-29-16-11-22/h3-11,15-16,20,23H,2,12-14,17-19H2,1H3,(H,30,32). The van der Waals surface area contributed by atoms with Crippen molar-refractivity contribution in [2.75, 3.05) is 25.0 Å². The highest BCUT2D eigenvalue weighted by Crippen LogP contribution is 2.46. The third kappa shape index (κ3) is 3.73. The van der Waals surface area contributed by atoms with Crippen LogP contribution < -0.4 is 5.32 Å². The molecule has 1 amide bonds. The summed E-state index contributed by atoms with van der Waals surface area (Å²) in [6.07, 6.45) is 7.86. The van der Waals surface area contributed by atoms with Crippen molar-refractivity contribution in [3.8, 4) is 0 Å². The second-order valence-corrected chi connectivity index (χ2v) is 9.11. The monoisotopic (exact) mass is 425 g/mol. The van der Waals surface area contributed by atoms with Gasteiger partial charge in [0.2, 0.25) is 5.91 Å². The maximum Gasteiger partial charge on any atom is 0.239 e. The highest BCUT2D eigenvalue weighted by molar-refractivity contribution is 6.08. The summed E-state index contributed by atoms with van der Waals surface area (Å²) in [6.45, 7) is 5.21. The highest BCUT2D eigenvalue weighted by atomic mass is 16.2. The summed E-state index contributed by atoms with van der Waals surface area (Å²) in [5, 5.41) is 3.21. The molecule has 1 aromatic heterocycles. The topological polar surface area (TPSA) is 45.2 Å². The van der Waals surface area contributed by atoms with E-state index in [4.69, 9.17) is 0 Å². The zero-order valence-electron chi connectivity index (χ0n) is 18.8. The summed E-state index contributed by atoms with van der Waals surface area (Å²) < 4.78 is 0. The molecule has 0 aliphatic carbocycles. The molecule has 0 spiro atoms. The van der Waals surface area contributed by atoms with Crippen LogP contribution in [0.5, 0.6) is 0 Å². The minimum absolute atomic E-state index is 0.110. The molecule has 2 aliphatic rings. The third-order valence-corrected chi connectivity index (χ3v) is 7.42. The van der Waals surface area contributed by atoms with Gasteiger partial charge in [0.15, 0.2) is 0 Å². The summed E-state index contributed by atoms with van der Waals surface area (Å²) >= 11 is 0. The van der Waals surface area contributed by atoms with E-state index in [9.17, 15) is 4.79 Å². The molecule has 3 aromatic rings. The van der Waals surface area contributed by atoms with Crippen LogP contribution >= 0.6 is 0 Å². The molecule has 0 bridgehead atoms. The van der Waals surface area contributed by atoms with Gasteiger partial charge in [-0.15, -0.1) is 0 Å². The normalized spacial score (nSPS) is 21.3. The van der Waals surface area contributed by atoms with Crippen molar-refractivity contribution < 1.29 is 4.79 Å². The van der Waals surface area contributed by atoms with Crippen LogP contribution in [0.3, 0.4) is 0 Å². The van der Waals surface area contributed by atoms with Crippen molar-refractivity contribution in [1.82, 2.24) is 9.88 Å². The maximum atomic E-state index is 13.5. The van der Waals surface area contributed by atoms with Crippen LogP contribution in [0, 0.1) is 0 Å². The molecule has 4 heteroatoms. The molecule has 2 aliphatic heterocycles. The Kier molecular flexibility index (Phi) is 5.79. The molecule has 1 saturated heterocycles. The minimum Gasteiger partial charge on any atom is -0.325 e. The number of carbonyl (C=O) groups is 1. The number of piperidine rings is 1. The number of aryl methyl sites for hydroxylation is 1.